The van der Waals surface area contributed by atoms with Gasteiger partial charge >= 0.3 is 0 Å². The number of amides is 1. The van der Waals surface area contributed by atoms with Crippen molar-refractivity contribution in [1.82, 2.24) is 4.90 Å². The number of nitrogens with zero attached hydrogens (tertiary/aromatic N) is 1. The van der Waals surface area contributed by atoms with Crippen molar-refractivity contribution in [2.45, 2.75) is 25.7 Å². The van der Waals surface area contributed by atoms with Gasteiger partial charge < -0.3 is 10.1 Å². The fourth-order valence-electron chi connectivity index (χ4n) is 2.96. The van der Waals surface area contributed by atoms with E-state index < -0.39 is 0 Å². The number of benzene rings is 2. The van der Waals surface area contributed by atoms with Crippen LogP contribution in [0.5, 0.6) is 11.5 Å². The van der Waals surface area contributed by atoms with E-state index >= 15 is 0 Å². The summed E-state index contributed by atoms with van der Waals surface area (Å²) in [6.07, 6.45) is 4.93. The second-order valence-corrected chi connectivity index (χ2v) is 6.18. The van der Waals surface area contributed by atoms with E-state index in [4.69, 9.17) is 4.74 Å². The first-order valence-electron chi connectivity index (χ1n) is 8.65. The van der Waals surface area contributed by atoms with Gasteiger partial charge in [-0.25, -0.2) is 0 Å². The zero-order chi connectivity index (χ0) is 16.6. The van der Waals surface area contributed by atoms with Crippen LogP contribution in [0.4, 0.5) is 5.69 Å². The third-order valence-corrected chi connectivity index (χ3v) is 4.16. The van der Waals surface area contributed by atoms with Crippen LogP contribution < -0.4 is 10.1 Å². The highest BCUT2D eigenvalue weighted by atomic mass is 16.5. The second kappa shape index (κ2) is 8.50. The molecule has 1 aliphatic heterocycles. The number of carbonyl (C=O) groups excluding carboxylic acids is 1. The maximum absolute atomic E-state index is 12.3. The van der Waals surface area contributed by atoms with Crippen molar-refractivity contribution >= 4 is 11.6 Å². The lowest BCUT2D eigenvalue weighted by Crippen LogP contribution is -2.33. The number of hydrogen-bond acceptors (Lipinski definition) is 3. The largest absolute Gasteiger partial charge is 0.457 e. The van der Waals surface area contributed by atoms with E-state index in [-0.39, 0.29) is 5.91 Å². The van der Waals surface area contributed by atoms with Gasteiger partial charge in [0, 0.05) is 11.8 Å². The van der Waals surface area contributed by atoms with Gasteiger partial charge in [-0.2, -0.15) is 0 Å². The molecule has 1 N–H and O–H groups in total. The Hall–Kier alpha value is -2.33. The zero-order valence-corrected chi connectivity index (χ0v) is 13.9. The first-order chi connectivity index (χ1) is 11.8. The summed E-state index contributed by atoms with van der Waals surface area (Å²) in [5.41, 5.74) is 0.767. The average Bonchev–Trinajstić information content (AvgIpc) is 2.84. The van der Waals surface area contributed by atoms with Crippen molar-refractivity contribution in [2.75, 3.05) is 25.0 Å². The maximum atomic E-state index is 12.3. The van der Waals surface area contributed by atoms with Crippen LogP contribution in [-0.4, -0.2) is 30.4 Å². The van der Waals surface area contributed by atoms with Crippen LogP contribution in [0.3, 0.4) is 0 Å². The van der Waals surface area contributed by atoms with Crippen LogP contribution in [-0.2, 0) is 4.79 Å². The van der Waals surface area contributed by atoms with E-state index in [9.17, 15) is 4.79 Å². The minimum absolute atomic E-state index is 0.0359. The van der Waals surface area contributed by atoms with Crippen molar-refractivity contribution in [1.29, 1.82) is 0 Å². The number of para-hydroxylation sites is 1. The minimum atomic E-state index is 0.0359. The molecular formula is C20H24N2O2. The number of carbonyl (C=O) groups is 1. The Kier molecular flexibility index (Phi) is 5.85. The molecule has 126 valence electrons. The van der Waals surface area contributed by atoms with E-state index in [1.165, 1.54) is 25.7 Å². The molecule has 0 bridgehead atoms. The van der Waals surface area contributed by atoms with E-state index in [2.05, 4.69) is 10.2 Å². The summed E-state index contributed by atoms with van der Waals surface area (Å²) in [6, 6.07) is 17.1. The molecule has 0 atom stereocenters. The molecule has 2 aromatic carbocycles. The first-order valence-corrected chi connectivity index (χ1v) is 8.65. The number of anilines is 1. The van der Waals surface area contributed by atoms with Gasteiger partial charge in [0.05, 0.1) is 6.54 Å². The first kappa shape index (κ1) is 16.5. The molecule has 1 heterocycles. The standard InChI is InChI=1S/C20H24N2O2/c23-20(16-22-13-6-1-2-7-14-22)21-17-9-8-12-19(15-17)24-18-10-4-3-5-11-18/h3-5,8-12,15H,1-2,6-7,13-14,16H2,(H,21,23). The number of rotatable bonds is 5. The molecule has 3 rings (SSSR count). The van der Waals surface area contributed by atoms with Crippen molar-refractivity contribution in [3.8, 4) is 11.5 Å². The summed E-state index contributed by atoms with van der Waals surface area (Å²) in [6.45, 7) is 2.50. The van der Waals surface area contributed by atoms with Gasteiger partial charge in [-0.05, 0) is 50.2 Å². The van der Waals surface area contributed by atoms with E-state index in [1.54, 1.807) is 0 Å². The van der Waals surface area contributed by atoms with Gasteiger partial charge in [-0.15, -0.1) is 0 Å². The molecule has 0 aliphatic carbocycles. The van der Waals surface area contributed by atoms with Crippen molar-refractivity contribution < 1.29 is 9.53 Å². The van der Waals surface area contributed by atoms with Crippen LogP contribution in [0.2, 0.25) is 0 Å². The fourth-order valence-corrected chi connectivity index (χ4v) is 2.96. The Morgan fingerprint density at radius 3 is 2.38 bits per heavy atom. The number of hydrogen-bond donors (Lipinski definition) is 1. The fraction of sp³-hybridized carbons (Fsp3) is 0.350. The Bertz CT molecular complexity index is 650. The van der Waals surface area contributed by atoms with E-state index in [0.29, 0.717) is 12.3 Å². The number of likely N-dealkylation sites (tertiary alicyclic amines) is 1. The Labute approximate surface area is 143 Å². The van der Waals surface area contributed by atoms with Crippen molar-refractivity contribution in [3.63, 3.8) is 0 Å². The molecule has 0 aromatic heterocycles. The summed E-state index contributed by atoms with van der Waals surface area (Å²) in [4.78, 5) is 14.5. The monoisotopic (exact) mass is 324 g/mol. The average molecular weight is 324 g/mol. The minimum Gasteiger partial charge on any atom is -0.457 e. The molecule has 1 aliphatic rings. The van der Waals surface area contributed by atoms with Gasteiger partial charge in [-0.3, -0.25) is 9.69 Å². The lowest BCUT2D eigenvalue weighted by Gasteiger charge is -2.19. The second-order valence-electron chi connectivity index (χ2n) is 6.18. The molecule has 0 radical (unpaired) electrons. The third-order valence-electron chi connectivity index (χ3n) is 4.16. The summed E-state index contributed by atoms with van der Waals surface area (Å²) in [5, 5.41) is 2.98. The van der Waals surface area contributed by atoms with Gasteiger partial charge in [0.2, 0.25) is 5.91 Å². The lowest BCUT2D eigenvalue weighted by molar-refractivity contribution is -0.117. The van der Waals surface area contributed by atoms with Crippen LogP contribution in [0.1, 0.15) is 25.7 Å². The molecule has 0 spiro atoms. The Morgan fingerprint density at radius 2 is 1.62 bits per heavy atom. The molecule has 4 nitrogen and oxygen atoms in total. The zero-order valence-electron chi connectivity index (χ0n) is 13.9. The lowest BCUT2D eigenvalue weighted by atomic mass is 10.2. The number of nitrogens with one attached hydrogen (secondary N) is 1. The van der Waals surface area contributed by atoms with Gasteiger partial charge in [-0.1, -0.05) is 37.1 Å². The van der Waals surface area contributed by atoms with Gasteiger partial charge in [0.15, 0.2) is 0 Å². The smallest absolute Gasteiger partial charge is 0.238 e. The molecular weight excluding hydrogens is 300 g/mol. The highest BCUT2D eigenvalue weighted by molar-refractivity contribution is 5.92. The normalized spacial score (nSPS) is 15.5. The molecule has 24 heavy (non-hydrogen) atoms. The summed E-state index contributed by atoms with van der Waals surface area (Å²) in [5.74, 6) is 1.54. The third kappa shape index (κ3) is 5.10. The highest BCUT2D eigenvalue weighted by Gasteiger charge is 2.13. The van der Waals surface area contributed by atoms with Crippen molar-refractivity contribution in [3.05, 3.63) is 54.6 Å². The molecule has 0 unspecified atom stereocenters. The van der Waals surface area contributed by atoms with Crippen LogP contribution >= 0.6 is 0 Å². The van der Waals surface area contributed by atoms with E-state index in [0.717, 1.165) is 24.5 Å². The predicted molar refractivity (Wildman–Crippen MR) is 96.5 cm³/mol. The highest BCUT2D eigenvalue weighted by Crippen LogP contribution is 2.23. The summed E-state index contributed by atoms with van der Waals surface area (Å²) >= 11 is 0. The van der Waals surface area contributed by atoms with Crippen molar-refractivity contribution in [2.24, 2.45) is 0 Å². The number of ether oxygens (including phenoxy) is 1. The molecule has 1 fully saturated rings. The van der Waals surface area contributed by atoms with E-state index in [1.807, 2.05) is 54.6 Å². The van der Waals surface area contributed by atoms with Crippen LogP contribution in [0.25, 0.3) is 0 Å². The summed E-state index contributed by atoms with van der Waals surface area (Å²) < 4.78 is 5.81. The Morgan fingerprint density at radius 1 is 0.917 bits per heavy atom. The predicted octanol–water partition coefficient (Wildman–Crippen LogP) is 4.29. The van der Waals surface area contributed by atoms with Crippen LogP contribution in [0, 0.1) is 0 Å². The molecule has 1 amide bonds. The molecule has 4 heteroatoms. The molecule has 1 saturated heterocycles. The molecule has 0 saturated carbocycles. The topological polar surface area (TPSA) is 41.6 Å². The Balaban J connectivity index is 1.56. The van der Waals surface area contributed by atoms with Gasteiger partial charge in [0.25, 0.3) is 0 Å². The SMILES string of the molecule is O=C(CN1CCCCCC1)Nc1cccc(Oc2ccccc2)c1. The maximum Gasteiger partial charge on any atom is 0.238 e. The molecule has 2 aromatic rings. The summed E-state index contributed by atoms with van der Waals surface area (Å²) in [7, 11) is 0. The van der Waals surface area contributed by atoms with Gasteiger partial charge in [0.1, 0.15) is 11.5 Å². The quantitative estimate of drug-likeness (QED) is 0.892. The van der Waals surface area contributed by atoms with Crippen LogP contribution in [0.15, 0.2) is 54.6 Å².